The molecule has 0 heterocycles. The standard InChI is InChI=1S/C12H14ClNO3S/c1-8(12(17)14-7-6-11(15)16)18-10-5-3-2-4-9(10)13/h2-5,8H,6-7H2,1H3,(H,14,17)(H,15,16). The van der Waals surface area contributed by atoms with Gasteiger partial charge in [-0.05, 0) is 19.1 Å². The number of rotatable bonds is 6. The van der Waals surface area contributed by atoms with Gasteiger partial charge in [0, 0.05) is 11.4 Å². The zero-order chi connectivity index (χ0) is 13.5. The van der Waals surface area contributed by atoms with Crippen LogP contribution in [0.3, 0.4) is 0 Å². The van der Waals surface area contributed by atoms with E-state index in [1.807, 2.05) is 18.2 Å². The Morgan fingerprint density at radius 1 is 1.44 bits per heavy atom. The van der Waals surface area contributed by atoms with Gasteiger partial charge in [-0.25, -0.2) is 0 Å². The molecule has 2 N–H and O–H groups in total. The second-order valence-corrected chi connectivity index (χ2v) is 5.42. The number of aliphatic carboxylic acids is 1. The molecule has 1 atom stereocenters. The third-order valence-electron chi connectivity index (χ3n) is 2.15. The van der Waals surface area contributed by atoms with E-state index in [2.05, 4.69) is 5.32 Å². The van der Waals surface area contributed by atoms with Crippen LogP contribution in [0.4, 0.5) is 0 Å². The Morgan fingerprint density at radius 3 is 2.72 bits per heavy atom. The lowest BCUT2D eigenvalue weighted by atomic mass is 10.4. The van der Waals surface area contributed by atoms with Crippen molar-refractivity contribution in [2.75, 3.05) is 6.54 Å². The average Bonchev–Trinajstić information content (AvgIpc) is 2.31. The van der Waals surface area contributed by atoms with Gasteiger partial charge in [0.1, 0.15) is 0 Å². The molecule has 0 aliphatic rings. The summed E-state index contributed by atoms with van der Waals surface area (Å²) < 4.78 is 0. The van der Waals surface area contributed by atoms with Crippen LogP contribution in [0.1, 0.15) is 13.3 Å². The maximum atomic E-state index is 11.7. The van der Waals surface area contributed by atoms with Crippen LogP contribution in [0.25, 0.3) is 0 Å². The van der Waals surface area contributed by atoms with E-state index < -0.39 is 5.97 Å². The molecule has 98 valence electrons. The number of hydrogen-bond donors (Lipinski definition) is 2. The summed E-state index contributed by atoms with van der Waals surface area (Å²) in [5.74, 6) is -1.12. The number of halogens is 1. The summed E-state index contributed by atoms with van der Waals surface area (Å²) in [7, 11) is 0. The lowest BCUT2D eigenvalue weighted by Crippen LogP contribution is -2.32. The summed E-state index contributed by atoms with van der Waals surface area (Å²) in [5, 5.41) is 11.3. The number of benzene rings is 1. The van der Waals surface area contributed by atoms with Crippen LogP contribution >= 0.6 is 23.4 Å². The first-order chi connectivity index (χ1) is 8.50. The van der Waals surface area contributed by atoms with E-state index in [0.29, 0.717) is 5.02 Å². The van der Waals surface area contributed by atoms with E-state index in [-0.39, 0.29) is 24.1 Å². The van der Waals surface area contributed by atoms with Gasteiger partial charge in [-0.1, -0.05) is 23.7 Å². The second kappa shape index (κ2) is 7.28. The van der Waals surface area contributed by atoms with Gasteiger partial charge in [-0.3, -0.25) is 9.59 Å². The van der Waals surface area contributed by atoms with Gasteiger partial charge in [-0.15, -0.1) is 11.8 Å². The van der Waals surface area contributed by atoms with E-state index in [9.17, 15) is 9.59 Å². The van der Waals surface area contributed by atoms with Gasteiger partial charge >= 0.3 is 5.97 Å². The summed E-state index contributed by atoms with van der Waals surface area (Å²) in [6, 6.07) is 7.28. The molecule has 1 unspecified atom stereocenters. The lowest BCUT2D eigenvalue weighted by Gasteiger charge is -2.12. The molecule has 0 saturated heterocycles. The Hall–Kier alpha value is -1.20. The number of hydrogen-bond acceptors (Lipinski definition) is 3. The van der Waals surface area contributed by atoms with Crippen LogP contribution in [0.2, 0.25) is 5.02 Å². The summed E-state index contributed by atoms with van der Waals surface area (Å²) >= 11 is 7.33. The molecule has 4 nitrogen and oxygen atoms in total. The van der Waals surface area contributed by atoms with E-state index >= 15 is 0 Å². The van der Waals surface area contributed by atoms with Crippen molar-refractivity contribution in [3.8, 4) is 0 Å². The molecule has 0 aliphatic carbocycles. The highest BCUT2D eigenvalue weighted by atomic mass is 35.5. The van der Waals surface area contributed by atoms with Crippen molar-refractivity contribution in [3.05, 3.63) is 29.3 Å². The summed E-state index contributed by atoms with van der Waals surface area (Å²) in [6.07, 6.45) is -0.0742. The average molecular weight is 288 g/mol. The van der Waals surface area contributed by atoms with Crippen LogP contribution in [-0.4, -0.2) is 28.8 Å². The minimum absolute atomic E-state index is 0.0742. The topological polar surface area (TPSA) is 66.4 Å². The van der Waals surface area contributed by atoms with Crippen LogP contribution < -0.4 is 5.32 Å². The molecular weight excluding hydrogens is 274 g/mol. The minimum Gasteiger partial charge on any atom is -0.481 e. The normalized spacial score (nSPS) is 11.9. The molecule has 6 heteroatoms. The molecule has 0 aromatic heterocycles. The van der Waals surface area contributed by atoms with E-state index in [1.54, 1.807) is 13.0 Å². The number of carbonyl (C=O) groups is 2. The Labute approximate surface area is 115 Å². The van der Waals surface area contributed by atoms with E-state index in [0.717, 1.165) is 4.90 Å². The molecule has 0 radical (unpaired) electrons. The highest BCUT2D eigenvalue weighted by Gasteiger charge is 2.15. The third-order valence-corrected chi connectivity index (χ3v) is 3.77. The fraction of sp³-hybridized carbons (Fsp3) is 0.333. The van der Waals surface area contributed by atoms with Crippen molar-refractivity contribution < 1.29 is 14.7 Å². The number of thioether (sulfide) groups is 1. The molecular formula is C12H14ClNO3S. The highest BCUT2D eigenvalue weighted by Crippen LogP contribution is 2.29. The Balaban J connectivity index is 2.45. The van der Waals surface area contributed by atoms with E-state index in [4.69, 9.17) is 16.7 Å². The highest BCUT2D eigenvalue weighted by molar-refractivity contribution is 8.00. The van der Waals surface area contributed by atoms with Gasteiger partial charge in [0.15, 0.2) is 0 Å². The van der Waals surface area contributed by atoms with Gasteiger partial charge in [0.05, 0.1) is 16.7 Å². The van der Waals surface area contributed by atoms with Crippen molar-refractivity contribution in [1.82, 2.24) is 5.32 Å². The van der Waals surface area contributed by atoms with Gasteiger partial charge in [-0.2, -0.15) is 0 Å². The van der Waals surface area contributed by atoms with Crippen LogP contribution in [0.5, 0.6) is 0 Å². The molecule has 1 amide bonds. The first-order valence-electron chi connectivity index (χ1n) is 5.41. The van der Waals surface area contributed by atoms with Crippen molar-refractivity contribution in [2.24, 2.45) is 0 Å². The summed E-state index contributed by atoms with van der Waals surface area (Å²) in [4.78, 5) is 22.8. The third kappa shape index (κ3) is 4.98. The zero-order valence-corrected chi connectivity index (χ0v) is 11.4. The molecule has 1 aromatic carbocycles. The molecule has 0 fully saturated rings. The molecule has 0 spiro atoms. The van der Waals surface area contributed by atoms with Gasteiger partial charge in [0.25, 0.3) is 0 Å². The fourth-order valence-corrected chi connectivity index (χ4v) is 2.40. The number of carboxylic acid groups (broad SMARTS) is 1. The minimum atomic E-state index is -0.929. The summed E-state index contributed by atoms with van der Waals surface area (Å²) in [5.41, 5.74) is 0. The SMILES string of the molecule is CC(Sc1ccccc1Cl)C(=O)NCCC(=O)O. The first-order valence-corrected chi connectivity index (χ1v) is 6.67. The largest absolute Gasteiger partial charge is 0.481 e. The first kappa shape index (κ1) is 14.9. The maximum Gasteiger partial charge on any atom is 0.305 e. The molecule has 1 rings (SSSR count). The van der Waals surface area contributed by atoms with Crippen molar-refractivity contribution in [3.63, 3.8) is 0 Å². The Kier molecular flexibility index (Phi) is 6.01. The second-order valence-electron chi connectivity index (χ2n) is 3.63. The van der Waals surface area contributed by atoms with Crippen molar-refractivity contribution >= 4 is 35.2 Å². The lowest BCUT2D eigenvalue weighted by molar-refractivity contribution is -0.136. The van der Waals surface area contributed by atoms with Crippen LogP contribution in [-0.2, 0) is 9.59 Å². The zero-order valence-electron chi connectivity index (χ0n) is 9.85. The molecule has 0 saturated carbocycles. The van der Waals surface area contributed by atoms with Gasteiger partial charge < -0.3 is 10.4 Å². The van der Waals surface area contributed by atoms with Crippen molar-refractivity contribution in [1.29, 1.82) is 0 Å². The Morgan fingerprint density at radius 2 is 2.11 bits per heavy atom. The van der Waals surface area contributed by atoms with Crippen LogP contribution in [0, 0.1) is 0 Å². The molecule has 0 aliphatic heterocycles. The number of carboxylic acids is 1. The number of nitrogens with one attached hydrogen (secondary N) is 1. The van der Waals surface area contributed by atoms with Crippen LogP contribution in [0.15, 0.2) is 29.2 Å². The predicted octanol–water partition coefficient (Wildman–Crippen LogP) is 2.41. The smallest absolute Gasteiger partial charge is 0.305 e. The predicted molar refractivity (Wildman–Crippen MR) is 72.0 cm³/mol. The van der Waals surface area contributed by atoms with E-state index in [1.165, 1.54) is 11.8 Å². The molecule has 1 aromatic rings. The fourth-order valence-electron chi connectivity index (χ4n) is 1.22. The molecule has 0 bridgehead atoms. The van der Waals surface area contributed by atoms with Crippen molar-refractivity contribution in [2.45, 2.75) is 23.5 Å². The van der Waals surface area contributed by atoms with Gasteiger partial charge in [0.2, 0.25) is 5.91 Å². The quantitative estimate of drug-likeness (QED) is 0.789. The summed E-state index contributed by atoms with van der Waals surface area (Å²) in [6.45, 7) is 1.89. The number of carbonyl (C=O) groups excluding carboxylic acids is 1. The maximum absolute atomic E-state index is 11.7. The monoisotopic (exact) mass is 287 g/mol. The molecule has 18 heavy (non-hydrogen) atoms. The Bertz CT molecular complexity index is 439. The number of amides is 1.